The summed E-state index contributed by atoms with van der Waals surface area (Å²) in [6, 6.07) is 0. The molecule has 12 heteroatoms. The molecule has 2 aliphatic rings. The van der Waals surface area contributed by atoms with E-state index in [4.69, 9.17) is 9.47 Å². The average Bonchev–Trinajstić information content (AvgIpc) is 3.69. The van der Waals surface area contributed by atoms with Crippen molar-refractivity contribution in [2.24, 2.45) is 0 Å². The molecule has 3 aromatic rings. The molecule has 40 heavy (non-hydrogen) atoms. The lowest BCUT2D eigenvalue weighted by Crippen LogP contribution is -2.19. The van der Waals surface area contributed by atoms with Gasteiger partial charge in [-0.25, -0.2) is 19.6 Å². The van der Waals surface area contributed by atoms with Gasteiger partial charge in [-0.1, -0.05) is 0 Å². The standard InChI is InChI=1S/C15H20N2O3S.C13H15N3O2S/c1-4-20-15(19)10(9-17(2)3)13(18)14-16-11-7-5-6-8-12(11)21-14;1-2-18-13(17)8-7-14-16-11(8)12-15-9-5-3-4-6-10(9)19-12/h9H,4-8H2,1-3H3;7H,2-6H2,1H3,(H,14,16)/b10-9-;. The van der Waals surface area contributed by atoms with Crippen LogP contribution in [-0.2, 0) is 40.0 Å². The molecule has 5 rings (SSSR count). The van der Waals surface area contributed by atoms with Crippen molar-refractivity contribution in [3.63, 3.8) is 0 Å². The van der Waals surface area contributed by atoms with Crippen molar-refractivity contribution >= 4 is 40.4 Å². The molecule has 0 saturated carbocycles. The van der Waals surface area contributed by atoms with Gasteiger partial charge >= 0.3 is 11.9 Å². The maximum Gasteiger partial charge on any atom is 0.343 e. The third-order valence-corrected chi connectivity index (χ3v) is 8.69. The number of aromatic nitrogens is 4. The van der Waals surface area contributed by atoms with Crippen molar-refractivity contribution in [2.75, 3.05) is 27.3 Å². The highest BCUT2D eigenvalue weighted by molar-refractivity contribution is 7.15. The quantitative estimate of drug-likeness (QED) is 0.130. The third kappa shape index (κ3) is 7.03. The maximum absolute atomic E-state index is 12.6. The molecule has 0 unspecified atom stereocenters. The van der Waals surface area contributed by atoms with Crippen molar-refractivity contribution < 1.29 is 23.9 Å². The minimum Gasteiger partial charge on any atom is -0.462 e. The molecule has 0 spiro atoms. The van der Waals surface area contributed by atoms with Crippen LogP contribution in [0.4, 0.5) is 0 Å². The molecule has 0 bridgehead atoms. The fourth-order valence-electron chi connectivity index (χ4n) is 4.51. The van der Waals surface area contributed by atoms with E-state index in [0.717, 1.165) is 49.2 Å². The van der Waals surface area contributed by atoms with Gasteiger partial charge in [0.2, 0.25) is 5.78 Å². The fourth-order valence-corrected chi connectivity index (χ4v) is 6.77. The number of carbonyl (C=O) groups is 3. The van der Waals surface area contributed by atoms with Crippen molar-refractivity contribution in [3.05, 3.63) is 49.7 Å². The van der Waals surface area contributed by atoms with Crippen molar-refractivity contribution in [1.82, 2.24) is 25.1 Å². The van der Waals surface area contributed by atoms with Crippen LogP contribution in [0.25, 0.3) is 10.7 Å². The second-order valence-corrected chi connectivity index (χ2v) is 11.8. The zero-order valence-electron chi connectivity index (χ0n) is 23.4. The number of ether oxygens (including phenoxy) is 2. The monoisotopic (exact) mass is 585 g/mol. The molecule has 0 amide bonds. The number of fused-ring (bicyclic) bond motifs is 2. The Morgan fingerprint density at radius 1 is 0.925 bits per heavy atom. The van der Waals surface area contributed by atoms with E-state index in [9.17, 15) is 14.4 Å². The van der Waals surface area contributed by atoms with Crippen LogP contribution in [0.3, 0.4) is 0 Å². The number of H-pyrrole nitrogens is 1. The van der Waals surface area contributed by atoms with Crippen LogP contribution in [0.5, 0.6) is 0 Å². The normalized spacial score (nSPS) is 14.3. The maximum atomic E-state index is 12.6. The lowest BCUT2D eigenvalue weighted by molar-refractivity contribution is -0.138. The van der Waals surface area contributed by atoms with Crippen LogP contribution in [0.2, 0.25) is 0 Å². The molecule has 10 nitrogen and oxygen atoms in total. The number of hydrogen-bond donors (Lipinski definition) is 1. The number of esters is 2. The Labute approximate surface area is 241 Å². The van der Waals surface area contributed by atoms with Crippen LogP contribution >= 0.6 is 22.7 Å². The zero-order valence-corrected chi connectivity index (χ0v) is 25.0. The highest BCUT2D eigenvalue weighted by Gasteiger charge is 2.27. The number of carbonyl (C=O) groups excluding carboxylic acids is 3. The molecule has 3 aromatic heterocycles. The highest BCUT2D eigenvalue weighted by Crippen LogP contribution is 2.33. The van der Waals surface area contributed by atoms with E-state index in [0.29, 0.717) is 22.9 Å². The number of aryl methyl sites for hydroxylation is 4. The number of ketones is 1. The van der Waals surface area contributed by atoms with E-state index in [2.05, 4.69) is 20.2 Å². The van der Waals surface area contributed by atoms with Gasteiger partial charge in [0.05, 0.1) is 30.8 Å². The lowest BCUT2D eigenvalue weighted by atomic mass is 10.0. The largest absolute Gasteiger partial charge is 0.462 e. The Hall–Kier alpha value is -3.38. The first-order valence-corrected chi connectivity index (χ1v) is 15.2. The van der Waals surface area contributed by atoms with Gasteiger partial charge in [0.15, 0.2) is 5.01 Å². The number of rotatable bonds is 8. The molecular formula is C28H35N5O5S2. The number of nitrogens with one attached hydrogen (secondary N) is 1. The molecule has 0 radical (unpaired) electrons. The Kier molecular flexibility index (Phi) is 10.2. The highest BCUT2D eigenvalue weighted by atomic mass is 32.1. The van der Waals surface area contributed by atoms with Gasteiger partial charge in [0.25, 0.3) is 0 Å². The van der Waals surface area contributed by atoms with Crippen molar-refractivity contribution in [1.29, 1.82) is 0 Å². The summed E-state index contributed by atoms with van der Waals surface area (Å²) in [7, 11) is 3.53. The van der Waals surface area contributed by atoms with Crippen molar-refractivity contribution in [3.8, 4) is 10.7 Å². The molecule has 3 heterocycles. The SMILES string of the molecule is CCOC(=O)/C(=C\N(C)C)C(=O)c1nc2c(s1)CCCC2.CCOC(=O)c1cn[nH]c1-c1nc2c(s1)CCCC2. The van der Waals surface area contributed by atoms with E-state index in [1.165, 1.54) is 52.0 Å². The van der Waals surface area contributed by atoms with Gasteiger partial charge in [0, 0.05) is 30.0 Å². The summed E-state index contributed by atoms with van der Waals surface area (Å²) < 4.78 is 10.0. The van der Waals surface area contributed by atoms with Gasteiger partial charge in [0.1, 0.15) is 21.8 Å². The van der Waals surface area contributed by atoms with E-state index >= 15 is 0 Å². The summed E-state index contributed by atoms with van der Waals surface area (Å²) in [5.41, 5.74) is 3.37. The summed E-state index contributed by atoms with van der Waals surface area (Å²) in [5.74, 6) is -1.29. The smallest absolute Gasteiger partial charge is 0.343 e. The molecular weight excluding hydrogens is 550 g/mol. The Bertz CT molecular complexity index is 1340. The molecule has 1 N–H and O–H groups in total. The number of thiazole rings is 2. The van der Waals surface area contributed by atoms with E-state index in [-0.39, 0.29) is 23.9 Å². The third-order valence-electron chi connectivity index (χ3n) is 6.36. The lowest BCUT2D eigenvalue weighted by Gasteiger charge is -2.09. The molecule has 0 aliphatic heterocycles. The van der Waals surface area contributed by atoms with Crippen LogP contribution in [-0.4, -0.2) is 70.1 Å². The van der Waals surface area contributed by atoms with Crippen LogP contribution in [0.15, 0.2) is 18.0 Å². The second-order valence-electron chi connectivity index (χ2n) is 9.63. The van der Waals surface area contributed by atoms with Gasteiger partial charge in [-0.05, 0) is 65.2 Å². The summed E-state index contributed by atoms with van der Waals surface area (Å²) in [5, 5.41) is 8.05. The molecule has 0 fully saturated rings. The molecule has 2 aliphatic carbocycles. The number of aromatic amines is 1. The van der Waals surface area contributed by atoms with E-state index in [1.807, 2.05) is 0 Å². The van der Waals surface area contributed by atoms with Gasteiger partial charge in [-0.3, -0.25) is 9.89 Å². The summed E-state index contributed by atoms with van der Waals surface area (Å²) in [6.07, 6.45) is 11.7. The first kappa shape index (κ1) is 29.6. The van der Waals surface area contributed by atoms with E-state index in [1.54, 1.807) is 44.2 Å². The Morgan fingerprint density at radius 2 is 1.55 bits per heavy atom. The van der Waals surface area contributed by atoms with Gasteiger partial charge in [-0.2, -0.15) is 5.10 Å². The first-order valence-electron chi connectivity index (χ1n) is 13.6. The second kappa shape index (κ2) is 13.8. The first-order chi connectivity index (χ1) is 19.3. The number of nitrogens with zero attached hydrogens (tertiary/aromatic N) is 4. The minimum absolute atomic E-state index is 0.0351. The minimum atomic E-state index is -0.593. The zero-order chi connectivity index (χ0) is 28.6. The summed E-state index contributed by atoms with van der Waals surface area (Å²) >= 11 is 3.06. The topological polar surface area (TPSA) is 127 Å². The average molecular weight is 586 g/mol. The molecule has 214 valence electrons. The molecule has 0 aromatic carbocycles. The Balaban J connectivity index is 0.000000186. The number of hydrogen-bond acceptors (Lipinski definition) is 11. The van der Waals surface area contributed by atoms with Crippen molar-refractivity contribution in [2.45, 2.75) is 65.2 Å². The van der Waals surface area contributed by atoms with Crippen LogP contribution in [0.1, 0.15) is 80.8 Å². The fraction of sp³-hybridized carbons (Fsp3) is 0.500. The van der Waals surface area contributed by atoms with E-state index < -0.39 is 5.97 Å². The van der Waals surface area contributed by atoms with Crippen LogP contribution < -0.4 is 0 Å². The van der Waals surface area contributed by atoms with Crippen LogP contribution in [0, 0.1) is 0 Å². The predicted octanol–water partition coefficient (Wildman–Crippen LogP) is 4.80. The number of Topliss-reactive ketones (excluding diaryl/α,β-unsaturated/α-hetero) is 1. The summed E-state index contributed by atoms with van der Waals surface area (Å²) in [4.78, 5) is 49.6. The summed E-state index contributed by atoms with van der Waals surface area (Å²) in [6.45, 7) is 4.11. The predicted molar refractivity (Wildman–Crippen MR) is 154 cm³/mol. The Morgan fingerprint density at radius 3 is 2.15 bits per heavy atom. The molecule has 0 saturated heterocycles. The van der Waals surface area contributed by atoms with Gasteiger partial charge in [-0.15, -0.1) is 22.7 Å². The van der Waals surface area contributed by atoms with Gasteiger partial charge < -0.3 is 14.4 Å². The molecule has 0 atom stereocenters.